The average molecular weight is 332 g/mol. The third-order valence-corrected chi connectivity index (χ3v) is 4.46. The number of fused-ring (bicyclic) bond motifs is 1. The fourth-order valence-corrected chi connectivity index (χ4v) is 3.18. The zero-order chi connectivity index (χ0) is 16.9. The van der Waals surface area contributed by atoms with Crippen LogP contribution in [0.1, 0.15) is 35.4 Å². The highest BCUT2D eigenvalue weighted by Gasteiger charge is 2.19. The summed E-state index contributed by atoms with van der Waals surface area (Å²) in [6, 6.07) is 6.04. The Morgan fingerprint density at radius 1 is 1.42 bits per heavy atom. The molecule has 3 N–H and O–H groups in total. The van der Waals surface area contributed by atoms with Crippen LogP contribution in [0, 0.1) is 6.92 Å². The topological polar surface area (TPSA) is 83.7 Å². The number of hydrogen-bond donors (Lipinski definition) is 3. The number of ether oxygens (including phenoxy) is 1. The van der Waals surface area contributed by atoms with Gasteiger partial charge in [0.2, 0.25) is 5.76 Å². The van der Waals surface area contributed by atoms with E-state index in [4.69, 9.17) is 9.15 Å². The Bertz CT molecular complexity index is 704. The summed E-state index contributed by atoms with van der Waals surface area (Å²) in [5, 5.41) is 16.8. The molecule has 6 heteroatoms. The van der Waals surface area contributed by atoms with Gasteiger partial charge in [0.25, 0.3) is 0 Å². The van der Waals surface area contributed by atoms with Crippen LogP contribution in [-0.4, -0.2) is 43.4 Å². The second-order valence-electron chi connectivity index (χ2n) is 6.17. The van der Waals surface area contributed by atoms with Crippen molar-refractivity contribution in [2.24, 2.45) is 0 Å². The number of piperidine rings is 1. The Labute approximate surface area is 141 Å². The molecule has 1 saturated heterocycles. The van der Waals surface area contributed by atoms with Crippen molar-refractivity contribution in [2.75, 3.05) is 26.2 Å². The van der Waals surface area contributed by atoms with Crippen LogP contribution in [-0.2, 0) is 0 Å². The third-order valence-electron chi connectivity index (χ3n) is 4.46. The first-order valence-corrected chi connectivity index (χ1v) is 8.49. The van der Waals surface area contributed by atoms with Crippen LogP contribution in [0.3, 0.4) is 0 Å². The van der Waals surface area contributed by atoms with Crippen molar-refractivity contribution in [1.82, 2.24) is 10.6 Å². The lowest BCUT2D eigenvalue weighted by molar-refractivity contribution is 0.0664. The SMILES string of the molecule is Cc1c(C(=O)O)oc2cccc(OCCCNC3CCNCC3)c12. The van der Waals surface area contributed by atoms with Gasteiger partial charge in [0.15, 0.2) is 0 Å². The number of benzene rings is 1. The minimum Gasteiger partial charge on any atom is -0.493 e. The second-order valence-corrected chi connectivity index (χ2v) is 6.17. The van der Waals surface area contributed by atoms with Gasteiger partial charge in [0, 0.05) is 11.6 Å². The first-order valence-electron chi connectivity index (χ1n) is 8.49. The van der Waals surface area contributed by atoms with Crippen molar-refractivity contribution in [2.45, 2.75) is 32.2 Å². The molecule has 1 aliphatic heterocycles. The molecule has 0 aliphatic carbocycles. The van der Waals surface area contributed by atoms with Gasteiger partial charge in [0.05, 0.1) is 12.0 Å². The lowest BCUT2D eigenvalue weighted by Gasteiger charge is -2.23. The highest BCUT2D eigenvalue weighted by molar-refractivity contribution is 5.97. The van der Waals surface area contributed by atoms with Crippen LogP contribution in [0.2, 0.25) is 0 Å². The van der Waals surface area contributed by atoms with Crippen molar-refractivity contribution < 1.29 is 19.1 Å². The molecule has 0 unspecified atom stereocenters. The van der Waals surface area contributed by atoms with E-state index in [9.17, 15) is 9.90 Å². The fourth-order valence-electron chi connectivity index (χ4n) is 3.18. The summed E-state index contributed by atoms with van der Waals surface area (Å²) in [4.78, 5) is 11.2. The smallest absolute Gasteiger partial charge is 0.372 e. The van der Waals surface area contributed by atoms with E-state index < -0.39 is 5.97 Å². The van der Waals surface area contributed by atoms with E-state index in [2.05, 4.69) is 10.6 Å². The average Bonchev–Trinajstić information content (AvgIpc) is 2.93. The summed E-state index contributed by atoms with van der Waals surface area (Å²) >= 11 is 0. The number of aryl methyl sites for hydroxylation is 1. The Morgan fingerprint density at radius 2 is 2.21 bits per heavy atom. The van der Waals surface area contributed by atoms with Crippen LogP contribution in [0.5, 0.6) is 5.75 Å². The lowest BCUT2D eigenvalue weighted by Crippen LogP contribution is -2.40. The summed E-state index contributed by atoms with van der Waals surface area (Å²) in [6.07, 6.45) is 3.25. The van der Waals surface area contributed by atoms with Crippen LogP contribution in [0.4, 0.5) is 0 Å². The quantitative estimate of drug-likeness (QED) is 0.676. The van der Waals surface area contributed by atoms with Crippen LogP contribution in [0.25, 0.3) is 11.0 Å². The molecule has 0 spiro atoms. The summed E-state index contributed by atoms with van der Waals surface area (Å²) in [6.45, 7) is 5.43. The molecule has 1 aromatic carbocycles. The minimum absolute atomic E-state index is 0.0198. The van der Waals surface area contributed by atoms with E-state index in [0.29, 0.717) is 29.5 Å². The van der Waals surface area contributed by atoms with Gasteiger partial charge in [-0.3, -0.25) is 0 Å². The summed E-state index contributed by atoms with van der Waals surface area (Å²) in [5.74, 6) is -0.391. The predicted octanol–water partition coefficient (Wildman–Crippen LogP) is 2.55. The summed E-state index contributed by atoms with van der Waals surface area (Å²) in [7, 11) is 0. The van der Waals surface area contributed by atoms with Gasteiger partial charge in [-0.15, -0.1) is 0 Å². The van der Waals surface area contributed by atoms with Crippen molar-refractivity contribution in [3.05, 3.63) is 29.5 Å². The first-order chi connectivity index (χ1) is 11.7. The molecule has 130 valence electrons. The molecule has 1 fully saturated rings. The Morgan fingerprint density at radius 3 is 2.96 bits per heavy atom. The predicted molar refractivity (Wildman–Crippen MR) is 91.9 cm³/mol. The molecule has 1 aromatic heterocycles. The number of nitrogens with one attached hydrogen (secondary N) is 2. The van der Waals surface area contributed by atoms with Gasteiger partial charge >= 0.3 is 5.97 Å². The van der Waals surface area contributed by atoms with Crippen LogP contribution < -0.4 is 15.4 Å². The van der Waals surface area contributed by atoms with E-state index in [0.717, 1.165) is 31.4 Å². The van der Waals surface area contributed by atoms with Gasteiger partial charge in [-0.25, -0.2) is 4.79 Å². The monoisotopic (exact) mass is 332 g/mol. The highest BCUT2D eigenvalue weighted by Crippen LogP contribution is 2.33. The number of aromatic carboxylic acids is 1. The highest BCUT2D eigenvalue weighted by atomic mass is 16.5. The maximum atomic E-state index is 11.2. The molecule has 1 aliphatic rings. The summed E-state index contributed by atoms with van der Waals surface area (Å²) < 4.78 is 11.3. The largest absolute Gasteiger partial charge is 0.493 e. The molecule has 0 saturated carbocycles. The van der Waals surface area contributed by atoms with Gasteiger partial charge in [-0.1, -0.05) is 6.07 Å². The maximum absolute atomic E-state index is 11.2. The molecule has 0 amide bonds. The van der Waals surface area contributed by atoms with E-state index in [1.165, 1.54) is 12.8 Å². The maximum Gasteiger partial charge on any atom is 0.372 e. The van der Waals surface area contributed by atoms with Gasteiger partial charge < -0.3 is 24.9 Å². The van der Waals surface area contributed by atoms with Crippen LogP contribution >= 0.6 is 0 Å². The minimum atomic E-state index is -1.05. The number of carboxylic acids is 1. The normalized spacial score (nSPS) is 15.7. The molecular weight excluding hydrogens is 308 g/mol. The first kappa shape index (κ1) is 16.8. The van der Waals surface area contributed by atoms with E-state index in [1.54, 1.807) is 13.0 Å². The zero-order valence-electron chi connectivity index (χ0n) is 13.9. The van der Waals surface area contributed by atoms with Gasteiger partial charge in [-0.2, -0.15) is 0 Å². The Kier molecular flexibility index (Phi) is 5.37. The number of hydrogen-bond acceptors (Lipinski definition) is 5. The molecule has 3 rings (SSSR count). The van der Waals surface area contributed by atoms with Gasteiger partial charge in [-0.05, 0) is 58.0 Å². The van der Waals surface area contributed by atoms with Crippen molar-refractivity contribution in [3.8, 4) is 5.75 Å². The summed E-state index contributed by atoms with van der Waals surface area (Å²) in [5.41, 5.74) is 1.16. The van der Waals surface area contributed by atoms with Crippen molar-refractivity contribution >= 4 is 16.9 Å². The van der Waals surface area contributed by atoms with E-state index in [1.807, 2.05) is 12.1 Å². The van der Waals surface area contributed by atoms with E-state index >= 15 is 0 Å². The molecule has 0 atom stereocenters. The van der Waals surface area contributed by atoms with Crippen molar-refractivity contribution in [1.29, 1.82) is 0 Å². The van der Waals surface area contributed by atoms with Crippen LogP contribution in [0.15, 0.2) is 22.6 Å². The number of carboxylic acid groups (broad SMARTS) is 1. The molecule has 0 radical (unpaired) electrons. The molecule has 2 aromatic rings. The van der Waals surface area contributed by atoms with Gasteiger partial charge in [0.1, 0.15) is 11.3 Å². The van der Waals surface area contributed by atoms with Crippen molar-refractivity contribution in [3.63, 3.8) is 0 Å². The number of furan rings is 1. The molecule has 24 heavy (non-hydrogen) atoms. The number of carbonyl (C=O) groups is 1. The molecule has 0 bridgehead atoms. The number of rotatable bonds is 7. The second kappa shape index (κ2) is 7.68. The Hall–Kier alpha value is -2.05. The lowest BCUT2D eigenvalue weighted by atomic mass is 10.1. The molecule has 2 heterocycles. The third kappa shape index (κ3) is 3.71. The van der Waals surface area contributed by atoms with E-state index in [-0.39, 0.29) is 5.76 Å². The zero-order valence-corrected chi connectivity index (χ0v) is 13.9. The standard InChI is InChI=1S/C18H24N2O4/c1-12-16-14(4-2-5-15(16)24-17(12)18(21)22)23-11-3-8-20-13-6-9-19-10-7-13/h2,4-5,13,19-20H,3,6-11H2,1H3,(H,21,22). The Balaban J connectivity index is 1.56. The fraction of sp³-hybridized carbons (Fsp3) is 0.500. The molecular formula is C18H24N2O4. The molecule has 6 nitrogen and oxygen atoms in total.